The zero-order chi connectivity index (χ0) is 11.3. The number of H-pyrrole nitrogens is 1. The molecule has 2 N–H and O–H groups in total. The Balaban J connectivity index is 2.44. The minimum atomic E-state index is -0.356. The Morgan fingerprint density at radius 2 is 2.33 bits per heavy atom. The van der Waals surface area contributed by atoms with Crippen LogP contribution in [0.1, 0.15) is 26.7 Å². The maximum absolute atomic E-state index is 11.1. The number of halogens is 1. The van der Waals surface area contributed by atoms with Crippen LogP contribution in [0.2, 0.25) is 5.02 Å². The molecule has 1 aromatic rings. The van der Waals surface area contributed by atoms with Gasteiger partial charge in [-0.2, -0.15) is 5.10 Å². The van der Waals surface area contributed by atoms with Crippen molar-refractivity contribution in [2.24, 2.45) is 5.92 Å². The molecule has 1 rings (SSSR count). The van der Waals surface area contributed by atoms with Crippen molar-refractivity contribution in [3.05, 3.63) is 21.6 Å². The molecular weight excluding hydrogens is 214 g/mol. The molecular formula is C10H16ClN3O. The lowest BCUT2D eigenvalue weighted by atomic mass is 10.1. The van der Waals surface area contributed by atoms with Crippen LogP contribution in [0.4, 0.5) is 5.69 Å². The van der Waals surface area contributed by atoms with Crippen molar-refractivity contribution in [3.8, 4) is 0 Å². The Labute approximate surface area is 94.0 Å². The van der Waals surface area contributed by atoms with E-state index in [0.717, 1.165) is 19.4 Å². The van der Waals surface area contributed by atoms with E-state index in [-0.39, 0.29) is 10.6 Å². The molecule has 0 bridgehead atoms. The maximum atomic E-state index is 11.1. The summed E-state index contributed by atoms with van der Waals surface area (Å²) in [6.07, 6.45) is 3.74. The fourth-order valence-electron chi connectivity index (χ4n) is 1.24. The molecule has 0 unspecified atom stereocenters. The predicted molar refractivity (Wildman–Crippen MR) is 62.4 cm³/mol. The molecule has 1 aromatic heterocycles. The minimum Gasteiger partial charge on any atom is -0.382 e. The van der Waals surface area contributed by atoms with Gasteiger partial charge in [0.05, 0.1) is 11.9 Å². The van der Waals surface area contributed by atoms with Crippen molar-refractivity contribution in [3.63, 3.8) is 0 Å². The van der Waals surface area contributed by atoms with Gasteiger partial charge in [0, 0.05) is 6.54 Å². The van der Waals surface area contributed by atoms with Crippen LogP contribution < -0.4 is 10.9 Å². The fraction of sp³-hybridized carbons (Fsp3) is 0.600. The van der Waals surface area contributed by atoms with Crippen LogP contribution in [0, 0.1) is 5.92 Å². The average Bonchev–Trinajstić information content (AvgIpc) is 2.18. The Morgan fingerprint density at radius 3 is 3.00 bits per heavy atom. The number of aromatic amines is 1. The van der Waals surface area contributed by atoms with Crippen molar-refractivity contribution in [1.29, 1.82) is 0 Å². The van der Waals surface area contributed by atoms with Crippen molar-refractivity contribution >= 4 is 17.3 Å². The third-order valence-electron chi connectivity index (χ3n) is 2.07. The monoisotopic (exact) mass is 229 g/mol. The summed E-state index contributed by atoms with van der Waals surface area (Å²) in [5.74, 6) is 0.694. The molecule has 0 amide bonds. The standard InChI is InChI=1S/C10H16ClN3O/c1-7(2)4-3-5-12-8-6-13-14-10(15)9(8)11/h6-7H,3-5H2,1-2H3,(H2,12,14,15). The van der Waals surface area contributed by atoms with Crippen molar-refractivity contribution < 1.29 is 0 Å². The molecule has 15 heavy (non-hydrogen) atoms. The third kappa shape index (κ3) is 3.91. The molecule has 0 aliphatic heterocycles. The summed E-state index contributed by atoms with van der Waals surface area (Å²) in [4.78, 5) is 11.1. The van der Waals surface area contributed by atoms with Crippen LogP contribution in [0.3, 0.4) is 0 Å². The first-order valence-corrected chi connectivity index (χ1v) is 5.46. The molecule has 0 atom stereocenters. The molecule has 4 nitrogen and oxygen atoms in total. The zero-order valence-electron chi connectivity index (χ0n) is 9.01. The summed E-state index contributed by atoms with van der Waals surface area (Å²) in [6, 6.07) is 0. The number of anilines is 1. The predicted octanol–water partition coefficient (Wildman–Crippen LogP) is 2.27. The number of rotatable bonds is 5. The van der Waals surface area contributed by atoms with E-state index in [2.05, 4.69) is 29.4 Å². The summed E-state index contributed by atoms with van der Waals surface area (Å²) < 4.78 is 0. The van der Waals surface area contributed by atoms with Gasteiger partial charge in [-0.05, 0) is 18.8 Å². The molecule has 1 heterocycles. The van der Waals surface area contributed by atoms with Gasteiger partial charge in [-0.3, -0.25) is 4.79 Å². The first-order chi connectivity index (χ1) is 7.11. The van der Waals surface area contributed by atoms with E-state index in [1.54, 1.807) is 0 Å². The molecule has 0 fully saturated rings. The van der Waals surface area contributed by atoms with Gasteiger partial charge in [0.1, 0.15) is 5.02 Å². The highest BCUT2D eigenvalue weighted by atomic mass is 35.5. The largest absolute Gasteiger partial charge is 0.382 e. The molecule has 0 aliphatic rings. The lowest BCUT2D eigenvalue weighted by Gasteiger charge is -2.07. The van der Waals surface area contributed by atoms with Gasteiger partial charge in [-0.25, -0.2) is 5.10 Å². The van der Waals surface area contributed by atoms with E-state index >= 15 is 0 Å². The highest BCUT2D eigenvalue weighted by Crippen LogP contribution is 2.14. The van der Waals surface area contributed by atoms with Crippen LogP contribution in [0.5, 0.6) is 0 Å². The van der Waals surface area contributed by atoms with Crippen LogP contribution in [-0.2, 0) is 0 Å². The van der Waals surface area contributed by atoms with E-state index < -0.39 is 0 Å². The second-order valence-electron chi connectivity index (χ2n) is 3.89. The minimum absolute atomic E-state index is 0.176. The first-order valence-electron chi connectivity index (χ1n) is 5.08. The van der Waals surface area contributed by atoms with E-state index in [9.17, 15) is 4.79 Å². The molecule has 0 saturated heterocycles. The Bertz CT molecular complexity index is 362. The van der Waals surface area contributed by atoms with Gasteiger partial charge in [0.2, 0.25) is 0 Å². The lowest BCUT2D eigenvalue weighted by Crippen LogP contribution is -2.12. The zero-order valence-corrected chi connectivity index (χ0v) is 9.77. The third-order valence-corrected chi connectivity index (χ3v) is 2.44. The smallest absolute Gasteiger partial charge is 0.285 e. The van der Waals surface area contributed by atoms with Gasteiger partial charge in [0.15, 0.2) is 0 Å². The maximum Gasteiger partial charge on any atom is 0.285 e. The number of hydrogen-bond donors (Lipinski definition) is 2. The molecule has 0 aliphatic carbocycles. The molecule has 84 valence electrons. The molecule has 0 saturated carbocycles. The molecule has 5 heteroatoms. The van der Waals surface area contributed by atoms with Crippen LogP contribution >= 0.6 is 11.6 Å². The molecule has 0 aromatic carbocycles. The second-order valence-corrected chi connectivity index (χ2v) is 4.27. The van der Waals surface area contributed by atoms with Crippen LogP contribution in [-0.4, -0.2) is 16.7 Å². The highest BCUT2D eigenvalue weighted by molar-refractivity contribution is 6.32. The number of nitrogens with zero attached hydrogens (tertiary/aromatic N) is 1. The molecule has 0 spiro atoms. The highest BCUT2D eigenvalue weighted by Gasteiger charge is 2.03. The van der Waals surface area contributed by atoms with Gasteiger partial charge in [0.25, 0.3) is 5.56 Å². The number of hydrogen-bond acceptors (Lipinski definition) is 3. The summed E-state index contributed by atoms with van der Waals surface area (Å²) in [7, 11) is 0. The Kier molecular flexibility index (Phi) is 4.62. The summed E-state index contributed by atoms with van der Waals surface area (Å²) in [5, 5.41) is 9.22. The van der Waals surface area contributed by atoms with E-state index in [0.29, 0.717) is 11.6 Å². The van der Waals surface area contributed by atoms with Gasteiger partial charge in [-0.15, -0.1) is 0 Å². The van der Waals surface area contributed by atoms with Crippen molar-refractivity contribution in [1.82, 2.24) is 10.2 Å². The Hall–Kier alpha value is -1.03. The van der Waals surface area contributed by atoms with Crippen LogP contribution in [0.15, 0.2) is 11.0 Å². The second kappa shape index (κ2) is 5.75. The Morgan fingerprint density at radius 1 is 1.60 bits per heavy atom. The molecule has 0 radical (unpaired) electrons. The van der Waals surface area contributed by atoms with E-state index in [1.165, 1.54) is 6.20 Å². The lowest BCUT2D eigenvalue weighted by molar-refractivity contribution is 0.567. The number of nitrogens with one attached hydrogen (secondary N) is 2. The SMILES string of the molecule is CC(C)CCCNc1cn[nH]c(=O)c1Cl. The van der Waals surface area contributed by atoms with Crippen molar-refractivity contribution in [2.75, 3.05) is 11.9 Å². The average molecular weight is 230 g/mol. The summed E-state index contributed by atoms with van der Waals surface area (Å²) >= 11 is 5.79. The number of aromatic nitrogens is 2. The van der Waals surface area contributed by atoms with E-state index in [1.807, 2.05) is 0 Å². The quantitative estimate of drug-likeness (QED) is 0.762. The van der Waals surface area contributed by atoms with Gasteiger partial charge < -0.3 is 5.32 Å². The summed E-state index contributed by atoms with van der Waals surface area (Å²) in [6.45, 7) is 5.17. The first kappa shape index (κ1) is 12.0. The fourth-order valence-corrected chi connectivity index (χ4v) is 1.40. The van der Waals surface area contributed by atoms with E-state index in [4.69, 9.17) is 11.6 Å². The normalized spacial score (nSPS) is 10.7. The van der Waals surface area contributed by atoms with Gasteiger partial charge in [-0.1, -0.05) is 25.4 Å². The summed E-state index contributed by atoms with van der Waals surface area (Å²) in [5.41, 5.74) is 0.245. The van der Waals surface area contributed by atoms with Gasteiger partial charge >= 0.3 is 0 Å². The van der Waals surface area contributed by atoms with Crippen LogP contribution in [0.25, 0.3) is 0 Å². The van der Waals surface area contributed by atoms with Crippen molar-refractivity contribution in [2.45, 2.75) is 26.7 Å². The topological polar surface area (TPSA) is 57.8 Å².